The molecule has 0 bridgehead atoms. The van der Waals surface area contributed by atoms with Crippen molar-refractivity contribution in [3.8, 4) is 0 Å². The minimum atomic E-state index is -1.43. The Hall–Kier alpha value is -0.900. The average Bonchev–Trinajstić information content (AvgIpc) is 2.29. The van der Waals surface area contributed by atoms with Crippen LogP contribution in [0.25, 0.3) is 0 Å². The van der Waals surface area contributed by atoms with E-state index in [1.165, 1.54) is 5.56 Å². The Morgan fingerprint density at radius 2 is 1.69 bits per heavy atom. The lowest BCUT2D eigenvalue weighted by Crippen LogP contribution is -2.44. The van der Waals surface area contributed by atoms with Gasteiger partial charge < -0.3 is 15.1 Å². The molecule has 1 aromatic rings. The van der Waals surface area contributed by atoms with E-state index in [4.69, 9.17) is 0 Å². The van der Waals surface area contributed by atoms with Crippen molar-refractivity contribution in [1.29, 1.82) is 0 Å². The van der Waals surface area contributed by atoms with Crippen LogP contribution in [0.15, 0.2) is 30.3 Å². The summed E-state index contributed by atoms with van der Waals surface area (Å²) in [6.45, 7) is 2.56. The van der Waals surface area contributed by atoms with Gasteiger partial charge in [-0.1, -0.05) is 30.3 Å². The van der Waals surface area contributed by atoms with E-state index in [1.807, 2.05) is 6.07 Å². The fraction of sp³-hybridized carbons (Fsp3) is 0.538. The highest BCUT2D eigenvalue weighted by Crippen LogP contribution is 2.18. The van der Waals surface area contributed by atoms with Gasteiger partial charge in [0.2, 0.25) is 0 Å². The minimum absolute atomic E-state index is 0.460. The summed E-state index contributed by atoms with van der Waals surface area (Å²) in [4.78, 5) is 2.29. The van der Waals surface area contributed by atoms with Gasteiger partial charge in [0.05, 0.1) is 0 Å². The average molecular weight is 221 g/mol. The predicted molar refractivity (Wildman–Crippen MR) is 63.0 cm³/mol. The second-order valence-corrected chi connectivity index (χ2v) is 4.56. The molecule has 88 valence electrons. The number of aliphatic hydroxyl groups is 2. The molecule has 0 amide bonds. The lowest BCUT2D eigenvalue weighted by molar-refractivity contribution is -0.188. The second kappa shape index (κ2) is 4.95. The number of hydrogen-bond donors (Lipinski definition) is 2. The first-order chi connectivity index (χ1) is 7.66. The molecule has 16 heavy (non-hydrogen) atoms. The Balaban J connectivity index is 1.76. The standard InChI is InChI=1S/C13H19NO2/c15-13(16)7-10-14(11-8-13)9-6-12-4-2-1-3-5-12/h1-5,15-16H,6-11H2. The molecule has 0 spiro atoms. The van der Waals surface area contributed by atoms with Gasteiger partial charge in [0, 0.05) is 32.5 Å². The van der Waals surface area contributed by atoms with Crippen LogP contribution >= 0.6 is 0 Å². The molecule has 1 heterocycles. The Kier molecular flexibility index (Phi) is 3.59. The fourth-order valence-corrected chi connectivity index (χ4v) is 2.07. The van der Waals surface area contributed by atoms with Crippen molar-refractivity contribution in [3.63, 3.8) is 0 Å². The molecule has 1 aliphatic rings. The van der Waals surface area contributed by atoms with Gasteiger partial charge in [-0.05, 0) is 12.0 Å². The number of nitrogens with zero attached hydrogens (tertiary/aromatic N) is 1. The lowest BCUT2D eigenvalue weighted by atomic mass is 10.0. The topological polar surface area (TPSA) is 43.7 Å². The van der Waals surface area contributed by atoms with Crippen LogP contribution in [0, 0.1) is 0 Å². The molecule has 0 radical (unpaired) electrons. The number of rotatable bonds is 3. The largest absolute Gasteiger partial charge is 0.366 e. The summed E-state index contributed by atoms with van der Waals surface area (Å²) in [5.74, 6) is -1.43. The van der Waals surface area contributed by atoms with E-state index in [0.717, 1.165) is 26.1 Å². The number of benzene rings is 1. The molecule has 2 rings (SSSR count). The smallest absolute Gasteiger partial charge is 0.164 e. The van der Waals surface area contributed by atoms with E-state index in [-0.39, 0.29) is 0 Å². The number of hydrogen-bond acceptors (Lipinski definition) is 3. The second-order valence-electron chi connectivity index (χ2n) is 4.56. The third kappa shape index (κ3) is 3.30. The molecular formula is C13H19NO2. The Morgan fingerprint density at radius 1 is 1.06 bits per heavy atom. The van der Waals surface area contributed by atoms with E-state index in [9.17, 15) is 10.2 Å². The molecule has 0 atom stereocenters. The van der Waals surface area contributed by atoms with Crippen molar-refractivity contribution in [2.75, 3.05) is 19.6 Å². The third-order valence-electron chi connectivity index (χ3n) is 3.22. The first-order valence-corrected chi connectivity index (χ1v) is 5.87. The van der Waals surface area contributed by atoms with Gasteiger partial charge in [-0.25, -0.2) is 0 Å². The number of likely N-dealkylation sites (tertiary alicyclic amines) is 1. The molecule has 0 aliphatic carbocycles. The molecular weight excluding hydrogens is 202 g/mol. The summed E-state index contributed by atoms with van der Waals surface area (Å²) in [5, 5.41) is 18.8. The molecule has 0 saturated carbocycles. The van der Waals surface area contributed by atoms with E-state index in [2.05, 4.69) is 29.2 Å². The van der Waals surface area contributed by atoms with E-state index in [0.29, 0.717) is 12.8 Å². The summed E-state index contributed by atoms with van der Waals surface area (Å²) in [6.07, 6.45) is 1.95. The Morgan fingerprint density at radius 3 is 2.31 bits per heavy atom. The summed E-state index contributed by atoms with van der Waals surface area (Å²) in [5.41, 5.74) is 1.34. The first kappa shape index (κ1) is 11.6. The van der Waals surface area contributed by atoms with Crippen LogP contribution in [0.5, 0.6) is 0 Å². The highest BCUT2D eigenvalue weighted by Gasteiger charge is 2.28. The van der Waals surface area contributed by atoms with Crippen LogP contribution in [-0.4, -0.2) is 40.5 Å². The summed E-state index contributed by atoms with van der Waals surface area (Å²) in [7, 11) is 0. The predicted octanol–water partition coefficient (Wildman–Crippen LogP) is 1.01. The van der Waals surface area contributed by atoms with Gasteiger partial charge in [-0.3, -0.25) is 0 Å². The van der Waals surface area contributed by atoms with Crippen LogP contribution in [-0.2, 0) is 6.42 Å². The molecule has 1 aromatic carbocycles. The van der Waals surface area contributed by atoms with Crippen molar-refractivity contribution in [1.82, 2.24) is 4.90 Å². The quantitative estimate of drug-likeness (QED) is 0.749. The Bertz CT molecular complexity index is 314. The maximum Gasteiger partial charge on any atom is 0.164 e. The normalized spacial score (nSPS) is 20.9. The zero-order chi connectivity index (χ0) is 11.4. The highest BCUT2D eigenvalue weighted by atomic mass is 16.5. The van der Waals surface area contributed by atoms with Crippen molar-refractivity contribution >= 4 is 0 Å². The molecule has 1 saturated heterocycles. The summed E-state index contributed by atoms with van der Waals surface area (Å²) < 4.78 is 0. The van der Waals surface area contributed by atoms with Gasteiger partial charge in [0.1, 0.15) is 0 Å². The van der Waals surface area contributed by atoms with Crippen LogP contribution in [0.3, 0.4) is 0 Å². The van der Waals surface area contributed by atoms with E-state index in [1.54, 1.807) is 0 Å². The van der Waals surface area contributed by atoms with Crippen LogP contribution in [0.2, 0.25) is 0 Å². The van der Waals surface area contributed by atoms with Gasteiger partial charge >= 0.3 is 0 Å². The zero-order valence-electron chi connectivity index (χ0n) is 9.47. The van der Waals surface area contributed by atoms with Crippen molar-refractivity contribution in [3.05, 3.63) is 35.9 Å². The third-order valence-corrected chi connectivity index (χ3v) is 3.22. The molecule has 0 aromatic heterocycles. The monoisotopic (exact) mass is 221 g/mol. The van der Waals surface area contributed by atoms with E-state index >= 15 is 0 Å². The van der Waals surface area contributed by atoms with Gasteiger partial charge in [0.25, 0.3) is 0 Å². The van der Waals surface area contributed by atoms with Gasteiger partial charge in [0.15, 0.2) is 5.79 Å². The lowest BCUT2D eigenvalue weighted by Gasteiger charge is -2.34. The van der Waals surface area contributed by atoms with Crippen molar-refractivity contribution < 1.29 is 10.2 Å². The Labute approximate surface area is 96.3 Å². The van der Waals surface area contributed by atoms with Crippen molar-refractivity contribution in [2.45, 2.75) is 25.0 Å². The minimum Gasteiger partial charge on any atom is -0.366 e. The van der Waals surface area contributed by atoms with Crippen LogP contribution < -0.4 is 0 Å². The molecule has 1 aliphatic heterocycles. The SMILES string of the molecule is OC1(O)CCN(CCc2ccccc2)CC1. The maximum atomic E-state index is 9.41. The summed E-state index contributed by atoms with van der Waals surface area (Å²) >= 11 is 0. The maximum absolute atomic E-state index is 9.41. The zero-order valence-corrected chi connectivity index (χ0v) is 9.47. The highest BCUT2D eigenvalue weighted by molar-refractivity contribution is 5.14. The fourth-order valence-electron chi connectivity index (χ4n) is 2.07. The molecule has 2 N–H and O–H groups in total. The summed E-state index contributed by atoms with van der Waals surface area (Å²) in [6, 6.07) is 10.4. The van der Waals surface area contributed by atoms with Crippen molar-refractivity contribution in [2.24, 2.45) is 0 Å². The first-order valence-electron chi connectivity index (χ1n) is 5.87. The molecule has 3 heteroatoms. The van der Waals surface area contributed by atoms with E-state index < -0.39 is 5.79 Å². The molecule has 1 fully saturated rings. The van der Waals surface area contributed by atoms with Gasteiger partial charge in [-0.2, -0.15) is 0 Å². The molecule has 0 unspecified atom stereocenters. The number of piperidine rings is 1. The van der Waals surface area contributed by atoms with Gasteiger partial charge in [-0.15, -0.1) is 0 Å². The van der Waals surface area contributed by atoms with Crippen LogP contribution in [0.4, 0.5) is 0 Å². The van der Waals surface area contributed by atoms with Crippen LogP contribution in [0.1, 0.15) is 18.4 Å². The molecule has 3 nitrogen and oxygen atoms in total.